The highest BCUT2D eigenvalue weighted by Crippen LogP contribution is 2.34. The molecule has 0 saturated carbocycles. The second-order valence-corrected chi connectivity index (χ2v) is 8.84. The number of aliphatic hydroxyl groups excluding tert-OH is 1. The topological polar surface area (TPSA) is 71.2 Å². The number of halogens is 2. The molecule has 156 valence electrons. The van der Waals surface area contributed by atoms with E-state index in [2.05, 4.69) is 18.8 Å². The first-order valence-electron chi connectivity index (χ1n) is 9.69. The summed E-state index contributed by atoms with van der Waals surface area (Å²) in [5, 5.41) is 11.8. The number of pyridine rings is 1. The van der Waals surface area contributed by atoms with E-state index < -0.39 is 6.10 Å². The molecule has 0 bridgehead atoms. The van der Waals surface area contributed by atoms with Gasteiger partial charge in [0.25, 0.3) is 5.56 Å². The molecule has 0 fully saturated rings. The van der Waals surface area contributed by atoms with Gasteiger partial charge in [0.15, 0.2) is 0 Å². The first-order valence-corrected chi connectivity index (χ1v) is 10.4. The minimum Gasteiger partial charge on any atom is -0.387 e. The van der Waals surface area contributed by atoms with Crippen LogP contribution in [0.4, 0.5) is 5.95 Å². The van der Waals surface area contributed by atoms with Crippen LogP contribution in [-0.4, -0.2) is 31.7 Å². The molecule has 1 atom stereocenters. The molecule has 3 aromatic rings. The quantitative estimate of drug-likeness (QED) is 0.647. The summed E-state index contributed by atoms with van der Waals surface area (Å²) in [5.41, 5.74) is 1.65. The summed E-state index contributed by atoms with van der Waals surface area (Å²) in [6.07, 6.45) is 3.27. The molecule has 1 aromatic carbocycles. The molecule has 0 spiro atoms. The third kappa shape index (κ3) is 3.95. The SMILES string of the molecule is CC1(C)CCn2c(nc(-c3ccncc3)cc2=O)N1C[C@@H](O)c1ccc(Cl)c(Cl)c1. The third-order valence-corrected chi connectivity index (χ3v) is 6.31. The van der Waals surface area contributed by atoms with Crippen LogP contribution in [0.5, 0.6) is 0 Å². The van der Waals surface area contributed by atoms with E-state index >= 15 is 0 Å². The van der Waals surface area contributed by atoms with Crippen LogP contribution in [0.2, 0.25) is 10.0 Å². The minimum absolute atomic E-state index is 0.115. The number of aromatic nitrogens is 3. The molecule has 1 aliphatic heterocycles. The fraction of sp³-hybridized carbons (Fsp3) is 0.318. The van der Waals surface area contributed by atoms with Gasteiger partial charge in [-0.1, -0.05) is 29.3 Å². The van der Waals surface area contributed by atoms with Crippen molar-refractivity contribution in [2.45, 2.75) is 38.5 Å². The van der Waals surface area contributed by atoms with Gasteiger partial charge >= 0.3 is 0 Å². The summed E-state index contributed by atoms with van der Waals surface area (Å²) in [4.78, 5) is 23.7. The van der Waals surface area contributed by atoms with Crippen LogP contribution in [0.1, 0.15) is 31.9 Å². The number of fused-ring (bicyclic) bond motifs is 1. The van der Waals surface area contributed by atoms with E-state index in [9.17, 15) is 9.90 Å². The van der Waals surface area contributed by atoms with Gasteiger partial charge in [0, 0.05) is 36.1 Å². The standard InChI is InChI=1S/C22H22Cl2N4O2/c1-22(2)7-10-27-20(30)12-18(14-5-8-25-9-6-14)26-21(27)28(22)13-19(29)15-3-4-16(23)17(24)11-15/h3-6,8-9,11-12,19,29H,7,10,13H2,1-2H3/t19-/m1/s1. The monoisotopic (exact) mass is 444 g/mol. The molecular weight excluding hydrogens is 423 g/mol. The van der Waals surface area contributed by atoms with Gasteiger partial charge in [0.05, 0.1) is 28.4 Å². The largest absolute Gasteiger partial charge is 0.387 e. The smallest absolute Gasteiger partial charge is 0.255 e. The van der Waals surface area contributed by atoms with E-state index in [1.54, 1.807) is 41.2 Å². The summed E-state index contributed by atoms with van der Waals surface area (Å²) >= 11 is 12.1. The van der Waals surface area contributed by atoms with Gasteiger partial charge in [0.2, 0.25) is 5.95 Å². The molecule has 1 aliphatic rings. The Morgan fingerprint density at radius 1 is 1.13 bits per heavy atom. The minimum atomic E-state index is -0.827. The number of hydrogen-bond donors (Lipinski definition) is 1. The number of β-amino-alcohol motifs (C(OH)–C–C–N with tert-alkyl or cyclic N) is 1. The van der Waals surface area contributed by atoms with Gasteiger partial charge in [0.1, 0.15) is 0 Å². The molecule has 3 heterocycles. The van der Waals surface area contributed by atoms with Gasteiger partial charge in [-0.25, -0.2) is 4.98 Å². The number of benzene rings is 1. The van der Waals surface area contributed by atoms with Crippen LogP contribution in [0, 0.1) is 0 Å². The summed E-state index contributed by atoms with van der Waals surface area (Å²) in [5.74, 6) is 0.546. The van der Waals surface area contributed by atoms with Crippen molar-refractivity contribution in [2.24, 2.45) is 0 Å². The Morgan fingerprint density at radius 2 is 1.87 bits per heavy atom. The predicted molar refractivity (Wildman–Crippen MR) is 119 cm³/mol. The van der Waals surface area contributed by atoms with E-state index in [-0.39, 0.29) is 17.6 Å². The third-order valence-electron chi connectivity index (χ3n) is 5.57. The molecule has 0 aliphatic carbocycles. The lowest BCUT2D eigenvalue weighted by Gasteiger charge is -2.45. The first-order chi connectivity index (χ1) is 14.3. The Kier molecular flexibility index (Phi) is 5.57. The molecule has 1 N–H and O–H groups in total. The second-order valence-electron chi connectivity index (χ2n) is 8.03. The van der Waals surface area contributed by atoms with Crippen LogP contribution >= 0.6 is 23.2 Å². The van der Waals surface area contributed by atoms with Gasteiger partial charge in [-0.2, -0.15) is 0 Å². The summed E-state index contributed by atoms with van der Waals surface area (Å²) in [7, 11) is 0. The van der Waals surface area contributed by atoms with Crippen molar-refractivity contribution in [3.63, 3.8) is 0 Å². The molecule has 0 amide bonds. The zero-order chi connectivity index (χ0) is 21.5. The average molecular weight is 445 g/mol. The van der Waals surface area contributed by atoms with Gasteiger partial charge in [-0.05, 0) is 50.1 Å². The van der Waals surface area contributed by atoms with E-state index in [1.165, 1.54) is 0 Å². The maximum atomic E-state index is 12.8. The average Bonchev–Trinajstić information content (AvgIpc) is 2.72. The van der Waals surface area contributed by atoms with E-state index in [1.807, 2.05) is 17.0 Å². The lowest BCUT2D eigenvalue weighted by atomic mass is 9.95. The second kappa shape index (κ2) is 8.02. The Labute approximate surface area is 184 Å². The molecule has 0 saturated heterocycles. The number of hydrogen-bond acceptors (Lipinski definition) is 5. The fourth-order valence-electron chi connectivity index (χ4n) is 3.70. The Balaban J connectivity index is 1.75. The number of nitrogens with zero attached hydrogens (tertiary/aromatic N) is 4. The molecule has 0 radical (unpaired) electrons. The molecule has 2 aromatic heterocycles. The fourth-order valence-corrected chi connectivity index (χ4v) is 4.00. The lowest BCUT2D eigenvalue weighted by molar-refractivity contribution is 0.169. The Hall–Kier alpha value is -2.41. The molecule has 6 nitrogen and oxygen atoms in total. The van der Waals surface area contributed by atoms with E-state index in [0.29, 0.717) is 33.8 Å². The normalized spacial score (nSPS) is 16.2. The predicted octanol–water partition coefficient (Wildman–Crippen LogP) is 4.33. The summed E-state index contributed by atoms with van der Waals surface area (Å²) < 4.78 is 1.66. The van der Waals surface area contributed by atoms with Crippen LogP contribution in [0.3, 0.4) is 0 Å². The van der Waals surface area contributed by atoms with E-state index in [0.717, 1.165) is 12.0 Å². The highest BCUT2D eigenvalue weighted by Gasteiger charge is 2.36. The molecule has 0 unspecified atom stereocenters. The van der Waals surface area contributed by atoms with Gasteiger partial charge in [-0.15, -0.1) is 0 Å². The van der Waals surface area contributed by atoms with Crippen molar-refractivity contribution in [1.29, 1.82) is 0 Å². The molecule has 4 rings (SSSR count). The van der Waals surface area contributed by atoms with Crippen LogP contribution in [0.25, 0.3) is 11.3 Å². The lowest BCUT2D eigenvalue weighted by Crippen LogP contribution is -2.53. The number of aliphatic hydroxyl groups is 1. The van der Waals surface area contributed by atoms with E-state index in [4.69, 9.17) is 28.2 Å². The maximum absolute atomic E-state index is 12.8. The Morgan fingerprint density at radius 3 is 2.57 bits per heavy atom. The highest BCUT2D eigenvalue weighted by atomic mass is 35.5. The van der Waals surface area contributed by atoms with Crippen molar-refractivity contribution in [2.75, 3.05) is 11.4 Å². The number of rotatable bonds is 4. The van der Waals surface area contributed by atoms with Crippen LogP contribution in [-0.2, 0) is 6.54 Å². The van der Waals surface area contributed by atoms with Crippen molar-refractivity contribution < 1.29 is 5.11 Å². The Bertz CT molecular complexity index is 1130. The summed E-state index contributed by atoms with van der Waals surface area (Å²) in [6, 6.07) is 10.3. The molecule has 30 heavy (non-hydrogen) atoms. The van der Waals surface area contributed by atoms with Crippen molar-refractivity contribution in [3.05, 3.63) is 74.8 Å². The van der Waals surface area contributed by atoms with Gasteiger partial charge in [-0.3, -0.25) is 14.3 Å². The van der Waals surface area contributed by atoms with Crippen molar-refractivity contribution >= 4 is 29.2 Å². The zero-order valence-corrected chi connectivity index (χ0v) is 18.2. The number of anilines is 1. The maximum Gasteiger partial charge on any atom is 0.255 e. The van der Waals surface area contributed by atoms with Crippen molar-refractivity contribution in [3.8, 4) is 11.3 Å². The molecular formula is C22H22Cl2N4O2. The molecule has 8 heteroatoms. The van der Waals surface area contributed by atoms with Crippen molar-refractivity contribution in [1.82, 2.24) is 14.5 Å². The zero-order valence-electron chi connectivity index (χ0n) is 16.7. The first kappa shape index (κ1) is 20.8. The highest BCUT2D eigenvalue weighted by molar-refractivity contribution is 6.42. The van der Waals surface area contributed by atoms with Crippen LogP contribution in [0.15, 0.2) is 53.6 Å². The van der Waals surface area contributed by atoms with Crippen LogP contribution < -0.4 is 10.5 Å². The summed E-state index contributed by atoms with van der Waals surface area (Å²) in [6.45, 7) is 5.01. The van der Waals surface area contributed by atoms with Gasteiger partial charge < -0.3 is 10.0 Å².